The minimum absolute atomic E-state index is 0.164. The van der Waals surface area contributed by atoms with Crippen molar-refractivity contribution in [2.45, 2.75) is 17.9 Å². The summed E-state index contributed by atoms with van der Waals surface area (Å²) in [5.41, 5.74) is 0.821. The molecule has 2 heterocycles. The third-order valence-corrected chi connectivity index (χ3v) is 3.77. The molecular formula is C11H17N5OS. The second kappa shape index (κ2) is 5.53. The van der Waals surface area contributed by atoms with Crippen molar-refractivity contribution in [2.75, 3.05) is 19.0 Å². The number of aliphatic hydroxyl groups excluding tert-OH is 1. The molecule has 0 aromatic carbocycles. The highest BCUT2D eigenvalue weighted by Gasteiger charge is 2.11. The Balaban J connectivity index is 2.31. The average Bonchev–Trinajstić information content (AvgIpc) is 2.77. The maximum absolute atomic E-state index is 9.01. The smallest absolute Gasteiger partial charge is 0.163 e. The predicted molar refractivity (Wildman–Crippen MR) is 73.7 cm³/mol. The van der Waals surface area contributed by atoms with Gasteiger partial charge >= 0.3 is 0 Å². The zero-order valence-electron chi connectivity index (χ0n) is 10.7. The Morgan fingerprint density at radius 3 is 2.94 bits per heavy atom. The van der Waals surface area contributed by atoms with Crippen molar-refractivity contribution < 1.29 is 5.11 Å². The third kappa shape index (κ3) is 2.56. The molecule has 0 amide bonds. The first-order chi connectivity index (χ1) is 8.65. The molecule has 1 atom stereocenters. The van der Waals surface area contributed by atoms with E-state index in [-0.39, 0.29) is 11.9 Å². The average molecular weight is 267 g/mol. The first-order valence-corrected chi connectivity index (χ1v) is 6.79. The summed E-state index contributed by atoms with van der Waals surface area (Å²) in [6.45, 7) is 2.14. The lowest BCUT2D eigenvalue weighted by atomic mass is 10.4. The lowest BCUT2D eigenvalue weighted by Gasteiger charge is -2.08. The van der Waals surface area contributed by atoms with Gasteiger partial charge in [0.1, 0.15) is 11.6 Å². The van der Waals surface area contributed by atoms with Crippen LogP contribution in [0.2, 0.25) is 0 Å². The van der Waals surface area contributed by atoms with Crippen LogP contribution in [0.1, 0.15) is 12.7 Å². The lowest BCUT2D eigenvalue weighted by molar-refractivity contribution is 0.300. The summed E-state index contributed by atoms with van der Waals surface area (Å²) >= 11 is 1.63. The summed E-state index contributed by atoms with van der Waals surface area (Å²) in [5, 5.41) is 17.4. The van der Waals surface area contributed by atoms with E-state index in [0.29, 0.717) is 5.75 Å². The molecule has 0 fully saturated rings. The lowest BCUT2D eigenvalue weighted by Crippen LogP contribution is -2.06. The van der Waals surface area contributed by atoms with Crippen molar-refractivity contribution in [2.24, 2.45) is 7.05 Å². The number of hydrogen-bond acceptors (Lipinski definition) is 6. The molecule has 98 valence electrons. The number of aromatic nitrogens is 4. The van der Waals surface area contributed by atoms with E-state index >= 15 is 0 Å². The second-order valence-electron chi connectivity index (χ2n) is 4.05. The van der Waals surface area contributed by atoms with E-state index in [1.165, 1.54) is 0 Å². The largest absolute Gasteiger partial charge is 0.395 e. The monoisotopic (exact) mass is 267 g/mol. The molecule has 0 saturated carbocycles. The zero-order valence-corrected chi connectivity index (χ0v) is 11.5. The molecule has 18 heavy (non-hydrogen) atoms. The van der Waals surface area contributed by atoms with E-state index in [0.717, 1.165) is 22.7 Å². The van der Waals surface area contributed by atoms with Crippen molar-refractivity contribution in [1.29, 1.82) is 0 Å². The number of nitrogens with one attached hydrogen (secondary N) is 1. The van der Waals surface area contributed by atoms with Gasteiger partial charge in [-0.25, -0.2) is 9.97 Å². The van der Waals surface area contributed by atoms with Gasteiger partial charge in [0.05, 0.1) is 23.9 Å². The fourth-order valence-corrected chi connectivity index (χ4v) is 2.26. The van der Waals surface area contributed by atoms with Gasteiger partial charge in [0, 0.05) is 19.3 Å². The van der Waals surface area contributed by atoms with Gasteiger partial charge in [-0.2, -0.15) is 5.10 Å². The highest BCUT2D eigenvalue weighted by molar-refractivity contribution is 7.99. The molecule has 0 radical (unpaired) electrons. The summed E-state index contributed by atoms with van der Waals surface area (Å²) in [5.74, 6) is 2.22. The normalized spacial score (nSPS) is 12.9. The van der Waals surface area contributed by atoms with E-state index in [2.05, 4.69) is 20.4 Å². The number of thioether (sulfide) groups is 1. The van der Waals surface area contributed by atoms with Gasteiger partial charge in [-0.3, -0.25) is 4.68 Å². The van der Waals surface area contributed by atoms with Crippen molar-refractivity contribution >= 4 is 28.6 Å². The Labute approximate surface area is 110 Å². The molecule has 6 nitrogen and oxygen atoms in total. The van der Waals surface area contributed by atoms with Gasteiger partial charge in [-0.15, -0.1) is 11.8 Å². The molecule has 0 aliphatic carbocycles. The van der Waals surface area contributed by atoms with Gasteiger partial charge in [0.2, 0.25) is 0 Å². The SMILES string of the molecule is CNc1nc(CSC(C)CO)nc2c1cnn2C. The van der Waals surface area contributed by atoms with E-state index in [9.17, 15) is 0 Å². The van der Waals surface area contributed by atoms with Crippen LogP contribution < -0.4 is 5.32 Å². The molecule has 7 heteroatoms. The molecule has 1 unspecified atom stereocenters. The molecule has 0 saturated heterocycles. The molecule has 2 aromatic rings. The van der Waals surface area contributed by atoms with Gasteiger partial charge in [0.15, 0.2) is 5.65 Å². The minimum atomic E-state index is 0.164. The first kappa shape index (κ1) is 13.1. The van der Waals surface area contributed by atoms with Crippen LogP contribution in [0.5, 0.6) is 0 Å². The van der Waals surface area contributed by atoms with Crippen LogP contribution >= 0.6 is 11.8 Å². The molecule has 2 aromatic heterocycles. The summed E-state index contributed by atoms with van der Waals surface area (Å²) in [4.78, 5) is 8.96. The van der Waals surface area contributed by atoms with Crippen molar-refractivity contribution in [3.63, 3.8) is 0 Å². The van der Waals surface area contributed by atoms with Gasteiger partial charge in [0.25, 0.3) is 0 Å². The predicted octanol–water partition coefficient (Wildman–Crippen LogP) is 1.02. The van der Waals surface area contributed by atoms with Crippen LogP contribution in [0, 0.1) is 0 Å². The third-order valence-electron chi connectivity index (χ3n) is 2.63. The van der Waals surface area contributed by atoms with Crippen molar-refractivity contribution in [1.82, 2.24) is 19.7 Å². The Bertz CT molecular complexity index is 541. The maximum Gasteiger partial charge on any atom is 0.163 e. The summed E-state index contributed by atoms with van der Waals surface area (Å²) in [7, 11) is 3.70. The van der Waals surface area contributed by atoms with Crippen molar-refractivity contribution in [3.8, 4) is 0 Å². The number of anilines is 1. The zero-order chi connectivity index (χ0) is 13.1. The number of aryl methyl sites for hydroxylation is 1. The minimum Gasteiger partial charge on any atom is -0.395 e. The Morgan fingerprint density at radius 2 is 2.28 bits per heavy atom. The van der Waals surface area contributed by atoms with E-state index in [4.69, 9.17) is 5.11 Å². The second-order valence-corrected chi connectivity index (χ2v) is 5.47. The van der Waals surface area contributed by atoms with Crippen molar-refractivity contribution in [3.05, 3.63) is 12.0 Å². The van der Waals surface area contributed by atoms with E-state index in [1.807, 2.05) is 21.0 Å². The van der Waals surface area contributed by atoms with Gasteiger partial charge in [-0.1, -0.05) is 6.92 Å². The van der Waals surface area contributed by atoms with E-state index in [1.54, 1.807) is 22.6 Å². The fraction of sp³-hybridized carbons (Fsp3) is 0.545. The van der Waals surface area contributed by atoms with Crippen LogP contribution in [-0.2, 0) is 12.8 Å². The van der Waals surface area contributed by atoms with Crippen LogP contribution in [0.15, 0.2) is 6.20 Å². The highest BCUT2D eigenvalue weighted by atomic mass is 32.2. The molecule has 0 aliphatic rings. The summed E-state index contributed by atoms with van der Waals surface area (Å²) < 4.78 is 1.74. The number of rotatable bonds is 5. The van der Waals surface area contributed by atoms with Crippen LogP contribution in [0.25, 0.3) is 11.0 Å². The Kier molecular flexibility index (Phi) is 4.03. The topological polar surface area (TPSA) is 75.9 Å². The fourth-order valence-electron chi connectivity index (χ4n) is 1.59. The number of aliphatic hydroxyl groups is 1. The number of fused-ring (bicyclic) bond motifs is 1. The standard InChI is InChI=1S/C11H17N5OS/c1-7(5-17)18-6-9-14-10(12-2)8-4-13-16(3)11(8)15-9/h4,7,17H,5-6H2,1-3H3,(H,12,14,15). The first-order valence-electron chi connectivity index (χ1n) is 5.74. The summed E-state index contributed by atoms with van der Waals surface area (Å²) in [6.07, 6.45) is 1.76. The van der Waals surface area contributed by atoms with Crippen LogP contribution in [-0.4, -0.2) is 43.8 Å². The molecule has 2 N–H and O–H groups in total. The van der Waals surface area contributed by atoms with Crippen LogP contribution in [0.4, 0.5) is 5.82 Å². The maximum atomic E-state index is 9.01. The van der Waals surface area contributed by atoms with Gasteiger partial charge in [-0.05, 0) is 0 Å². The van der Waals surface area contributed by atoms with Crippen LogP contribution in [0.3, 0.4) is 0 Å². The van der Waals surface area contributed by atoms with Gasteiger partial charge < -0.3 is 10.4 Å². The summed E-state index contributed by atoms with van der Waals surface area (Å²) in [6, 6.07) is 0. The van der Waals surface area contributed by atoms with E-state index < -0.39 is 0 Å². The number of hydrogen-bond donors (Lipinski definition) is 2. The molecule has 0 aliphatic heterocycles. The number of nitrogens with zero attached hydrogens (tertiary/aromatic N) is 4. The Hall–Kier alpha value is -1.34. The molecule has 0 spiro atoms. The molecule has 0 bridgehead atoms. The quantitative estimate of drug-likeness (QED) is 0.842. The molecular weight excluding hydrogens is 250 g/mol. The Morgan fingerprint density at radius 1 is 1.50 bits per heavy atom. The molecule has 2 rings (SSSR count). The highest BCUT2D eigenvalue weighted by Crippen LogP contribution is 2.22.